The first-order chi connectivity index (χ1) is 7.93. The van der Waals surface area contributed by atoms with E-state index in [0.717, 1.165) is 26.2 Å². The highest BCUT2D eigenvalue weighted by Crippen LogP contribution is 2.03. The highest BCUT2D eigenvalue weighted by molar-refractivity contribution is 5.14. The van der Waals surface area contributed by atoms with Crippen molar-refractivity contribution in [3.63, 3.8) is 0 Å². The summed E-state index contributed by atoms with van der Waals surface area (Å²) < 4.78 is 0. The van der Waals surface area contributed by atoms with Crippen LogP contribution in [0.15, 0.2) is 30.3 Å². The Kier molecular flexibility index (Phi) is 7.74. The van der Waals surface area contributed by atoms with Gasteiger partial charge in [-0.05, 0) is 18.4 Å². The molecule has 1 saturated heterocycles. The van der Waals surface area contributed by atoms with Gasteiger partial charge in [0.15, 0.2) is 0 Å². The molecule has 1 fully saturated rings. The average molecular weight is 220 g/mol. The maximum atomic E-state index is 3.22. The predicted molar refractivity (Wildman–Crippen MR) is 70.8 cm³/mol. The van der Waals surface area contributed by atoms with Gasteiger partial charge < -0.3 is 10.6 Å². The van der Waals surface area contributed by atoms with Crippen molar-refractivity contribution in [3.8, 4) is 0 Å². The van der Waals surface area contributed by atoms with Crippen LogP contribution in [0, 0.1) is 0 Å². The quantitative estimate of drug-likeness (QED) is 0.816. The largest absolute Gasteiger partial charge is 0.314 e. The third-order valence-corrected chi connectivity index (χ3v) is 2.62. The monoisotopic (exact) mass is 220 g/mol. The van der Waals surface area contributed by atoms with E-state index in [4.69, 9.17) is 0 Å². The minimum absolute atomic E-state index is 1.14. The van der Waals surface area contributed by atoms with Gasteiger partial charge in [0.05, 0.1) is 0 Å². The highest BCUT2D eigenvalue weighted by Gasteiger charge is 1.91. The molecule has 0 spiro atoms. The van der Waals surface area contributed by atoms with Gasteiger partial charge >= 0.3 is 0 Å². The van der Waals surface area contributed by atoms with Gasteiger partial charge in [-0.15, -0.1) is 0 Å². The lowest BCUT2D eigenvalue weighted by Gasteiger charge is -2.11. The fourth-order valence-corrected chi connectivity index (χ4v) is 1.63. The van der Waals surface area contributed by atoms with Gasteiger partial charge in [-0.2, -0.15) is 0 Å². The molecule has 1 aromatic rings. The second-order valence-electron chi connectivity index (χ2n) is 4.09. The molecule has 90 valence electrons. The maximum Gasteiger partial charge on any atom is 0.00772 e. The van der Waals surface area contributed by atoms with Crippen LogP contribution in [0.2, 0.25) is 0 Å². The van der Waals surface area contributed by atoms with Crippen molar-refractivity contribution < 1.29 is 0 Å². The van der Waals surface area contributed by atoms with Crippen LogP contribution < -0.4 is 10.6 Å². The lowest BCUT2D eigenvalue weighted by molar-refractivity contribution is 0.534. The van der Waals surface area contributed by atoms with Crippen LogP contribution in [-0.2, 0) is 6.42 Å². The molecule has 16 heavy (non-hydrogen) atoms. The highest BCUT2D eigenvalue weighted by atomic mass is 15.0. The van der Waals surface area contributed by atoms with E-state index in [1.54, 1.807) is 0 Å². The summed E-state index contributed by atoms with van der Waals surface area (Å²) in [6.45, 7) is 6.78. The van der Waals surface area contributed by atoms with Gasteiger partial charge in [-0.3, -0.25) is 0 Å². The number of aryl methyl sites for hydroxylation is 1. The zero-order valence-electron chi connectivity index (χ0n) is 10.3. The first-order valence-corrected chi connectivity index (χ1v) is 6.39. The molecule has 0 saturated carbocycles. The molecule has 0 aromatic heterocycles. The summed E-state index contributed by atoms with van der Waals surface area (Å²) in [4.78, 5) is 0. The Hall–Kier alpha value is -0.860. The summed E-state index contributed by atoms with van der Waals surface area (Å²) in [6, 6.07) is 10.6. The van der Waals surface area contributed by atoms with Crippen LogP contribution in [-0.4, -0.2) is 26.2 Å². The number of hydrogen-bond donors (Lipinski definition) is 2. The fraction of sp³-hybridized carbons (Fsp3) is 0.571. The van der Waals surface area contributed by atoms with Crippen LogP contribution in [0.5, 0.6) is 0 Å². The van der Waals surface area contributed by atoms with Gasteiger partial charge in [0, 0.05) is 26.2 Å². The molecule has 1 aliphatic rings. The molecule has 1 aliphatic heterocycles. The number of hydrogen-bond acceptors (Lipinski definition) is 2. The number of rotatable bonds is 3. The van der Waals surface area contributed by atoms with Gasteiger partial charge in [-0.1, -0.05) is 43.7 Å². The van der Waals surface area contributed by atoms with Crippen molar-refractivity contribution >= 4 is 0 Å². The predicted octanol–water partition coefficient (Wildman–Crippen LogP) is 2.21. The SMILES string of the molecule is C1CNCCN1.CCCCc1ccccc1. The molecule has 2 nitrogen and oxygen atoms in total. The van der Waals surface area contributed by atoms with Gasteiger partial charge in [0.1, 0.15) is 0 Å². The van der Waals surface area contributed by atoms with Gasteiger partial charge in [0.25, 0.3) is 0 Å². The van der Waals surface area contributed by atoms with E-state index < -0.39 is 0 Å². The molecule has 2 heteroatoms. The second kappa shape index (κ2) is 9.37. The molecule has 1 aromatic carbocycles. The molecule has 2 rings (SSSR count). The zero-order valence-corrected chi connectivity index (χ0v) is 10.3. The molecule has 0 amide bonds. The number of nitrogens with one attached hydrogen (secondary N) is 2. The normalized spacial score (nSPS) is 15.1. The number of piperazine rings is 1. The first-order valence-electron chi connectivity index (χ1n) is 6.39. The van der Waals surface area contributed by atoms with Crippen molar-refractivity contribution in [2.24, 2.45) is 0 Å². The summed E-state index contributed by atoms with van der Waals surface area (Å²) in [5.74, 6) is 0. The number of unbranched alkanes of at least 4 members (excludes halogenated alkanes) is 1. The van der Waals surface area contributed by atoms with Crippen LogP contribution in [0.1, 0.15) is 25.3 Å². The Balaban J connectivity index is 0.000000181. The Labute approximate surface area is 99.5 Å². The van der Waals surface area contributed by atoms with E-state index in [9.17, 15) is 0 Å². The van der Waals surface area contributed by atoms with E-state index in [0.29, 0.717) is 0 Å². The third kappa shape index (κ3) is 6.59. The Bertz CT molecular complexity index is 231. The van der Waals surface area contributed by atoms with Crippen LogP contribution in [0.25, 0.3) is 0 Å². The van der Waals surface area contributed by atoms with Crippen molar-refractivity contribution in [1.29, 1.82) is 0 Å². The summed E-state index contributed by atoms with van der Waals surface area (Å²) in [5.41, 5.74) is 1.46. The molecule has 0 atom stereocenters. The van der Waals surface area contributed by atoms with E-state index >= 15 is 0 Å². The zero-order chi connectivity index (χ0) is 11.5. The summed E-state index contributed by atoms with van der Waals surface area (Å²) >= 11 is 0. The van der Waals surface area contributed by atoms with E-state index in [1.807, 2.05) is 0 Å². The second-order valence-corrected chi connectivity index (χ2v) is 4.09. The summed E-state index contributed by atoms with van der Waals surface area (Å²) in [5, 5.41) is 6.44. The van der Waals surface area contributed by atoms with Crippen molar-refractivity contribution in [1.82, 2.24) is 10.6 Å². The maximum absolute atomic E-state index is 3.22. The Morgan fingerprint density at radius 2 is 1.50 bits per heavy atom. The molecule has 0 unspecified atom stereocenters. The fourth-order valence-electron chi connectivity index (χ4n) is 1.63. The summed E-state index contributed by atoms with van der Waals surface area (Å²) in [6.07, 6.45) is 3.83. The number of benzene rings is 1. The first kappa shape index (κ1) is 13.2. The molecule has 0 radical (unpaired) electrons. The Morgan fingerprint density at radius 1 is 0.938 bits per heavy atom. The minimum Gasteiger partial charge on any atom is -0.314 e. The van der Waals surface area contributed by atoms with Crippen molar-refractivity contribution in [2.75, 3.05) is 26.2 Å². The smallest absolute Gasteiger partial charge is 0.00772 e. The molecule has 1 heterocycles. The summed E-state index contributed by atoms with van der Waals surface area (Å²) in [7, 11) is 0. The van der Waals surface area contributed by atoms with Crippen LogP contribution >= 0.6 is 0 Å². The molecular weight excluding hydrogens is 196 g/mol. The van der Waals surface area contributed by atoms with Crippen molar-refractivity contribution in [2.45, 2.75) is 26.2 Å². The molecule has 0 aliphatic carbocycles. The van der Waals surface area contributed by atoms with Gasteiger partial charge in [0.2, 0.25) is 0 Å². The lowest BCUT2D eigenvalue weighted by atomic mass is 10.1. The van der Waals surface area contributed by atoms with Crippen LogP contribution in [0.3, 0.4) is 0 Å². The van der Waals surface area contributed by atoms with Crippen LogP contribution in [0.4, 0.5) is 0 Å². The average Bonchev–Trinajstić information content (AvgIpc) is 2.40. The van der Waals surface area contributed by atoms with Gasteiger partial charge in [-0.25, -0.2) is 0 Å². The van der Waals surface area contributed by atoms with E-state index in [2.05, 4.69) is 47.9 Å². The lowest BCUT2D eigenvalue weighted by Crippen LogP contribution is -2.39. The minimum atomic E-state index is 1.14. The Morgan fingerprint density at radius 3 is 1.94 bits per heavy atom. The van der Waals surface area contributed by atoms with E-state index in [1.165, 1.54) is 24.8 Å². The molecular formula is C14H24N2. The van der Waals surface area contributed by atoms with Crippen molar-refractivity contribution in [3.05, 3.63) is 35.9 Å². The third-order valence-electron chi connectivity index (χ3n) is 2.62. The topological polar surface area (TPSA) is 24.1 Å². The van der Waals surface area contributed by atoms with E-state index in [-0.39, 0.29) is 0 Å². The standard InChI is InChI=1S/C10H14.C4H10N2/c1-2-3-7-10-8-5-4-6-9-10;1-2-6-4-3-5-1/h4-6,8-9H,2-3,7H2,1H3;5-6H,1-4H2. The molecule has 2 N–H and O–H groups in total. The molecule has 0 bridgehead atoms.